The first kappa shape index (κ1) is 14.3. The van der Waals surface area contributed by atoms with Crippen molar-refractivity contribution >= 4 is 0 Å². The largest absolute Gasteiger partial charge is 0.390 e. The molecule has 1 N–H and O–H groups in total. The van der Waals surface area contributed by atoms with Gasteiger partial charge in [-0.15, -0.1) is 0 Å². The smallest absolute Gasteiger partial charge is 0.206 e. The van der Waals surface area contributed by atoms with E-state index in [1.54, 1.807) is 6.07 Å². The van der Waals surface area contributed by atoms with E-state index in [1.807, 2.05) is 11.6 Å². The molecule has 1 aliphatic carbocycles. The Hall–Kier alpha value is -1.16. The minimum absolute atomic E-state index is 0.166. The van der Waals surface area contributed by atoms with Crippen LogP contribution in [0.1, 0.15) is 50.9 Å². The quantitative estimate of drug-likeness (QED) is 0.911. The summed E-state index contributed by atoms with van der Waals surface area (Å²) < 4.78 is 1.88. The molecule has 0 radical (unpaired) electrons. The molecule has 0 atom stereocenters. The van der Waals surface area contributed by atoms with Crippen LogP contribution >= 0.6 is 0 Å². The van der Waals surface area contributed by atoms with E-state index in [4.69, 9.17) is 5.11 Å². The number of aliphatic hydroxyl groups is 1. The Morgan fingerprint density at radius 3 is 2.63 bits per heavy atom. The summed E-state index contributed by atoms with van der Waals surface area (Å²) in [6.07, 6.45) is 4.94. The SMILES string of the molecule is Cc1cc(=O)c(CO)nn1CC1CCC(C)(C)CC1. The van der Waals surface area contributed by atoms with Crippen molar-refractivity contribution in [3.63, 3.8) is 0 Å². The number of nitrogens with zero attached hydrogens (tertiary/aromatic N) is 2. The first-order valence-electron chi connectivity index (χ1n) is 7.10. The van der Waals surface area contributed by atoms with Crippen LogP contribution in [0.3, 0.4) is 0 Å². The molecule has 106 valence electrons. The highest BCUT2D eigenvalue weighted by Crippen LogP contribution is 2.38. The summed E-state index contributed by atoms with van der Waals surface area (Å²) in [4.78, 5) is 11.6. The van der Waals surface area contributed by atoms with Crippen LogP contribution in [-0.2, 0) is 13.2 Å². The Balaban J connectivity index is 2.09. The summed E-state index contributed by atoms with van der Waals surface area (Å²) >= 11 is 0. The summed E-state index contributed by atoms with van der Waals surface area (Å²) in [5, 5.41) is 13.4. The van der Waals surface area contributed by atoms with Gasteiger partial charge in [-0.05, 0) is 43.9 Å². The minimum Gasteiger partial charge on any atom is -0.390 e. The number of hydrogen-bond donors (Lipinski definition) is 1. The van der Waals surface area contributed by atoms with Crippen molar-refractivity contribution in [2.45, 2.75) is 59.6 Å². The van der Waals surface area contributed by atoms with Crippen molar-refractivity contribution in [1.82, 2.24) is 9.78 Å². The van der Waals surface area contributed by atoms with Crippen LogP contribution in [-0.4, -0.2) is 14.9 Å². The summed E-state index contributed by atoms with van der Waals surface area (Å²) in [6, 6.07) is 1.57. The Labute approximate surface area is 114 Å². The third-order valence-electron chi connectivity index (χ3n) is 4.31. The molecule has 1 aromatic rings. The zero-order valence-corrected chi connectivity index (χ0v) is 12.1. The van der Waals surface area contributed by atoms with Crippen LogP contribution in [0.25, 0.3) is 0 Å². The predicted octanol–water partition coefficient (Wildman–Crippen LogP) is 2.26. The molecule has 19 heavy (non-hydrogen) atoms. The molecule has 0 bridgehead atoms. The lowest BCUT2D eigenvalue weighted by atomic mass is 9.73. The maximum Gasteiger partial charge on any atom is 0.206 e. The van der Waals surface area contributed by atoms with Crippen molar-refractivity contribution in [1.29, 1.82) is 0 Å². The van der Waals surface area contributed by atoms with E-state index in [-0.39, 0.29) is 17.7 Å². The molecule has 4 heteroatoms. The van der Waals surface area contributed by atoms with Gasteiger partial charge in [0.05, 0.1) is 6.61 Å². The third kappa shape index (κ3) is 3.44. The molecule has 0 unspecified atom stereocenters. The zero-order chi connectivity index (χ0) is 14.0. The maximum atomic E-state index is 11.6. The van der Waals surface area contributed by atoms with E-state index < -0.39 is 0 Å². The van der Waals surface area contributed by atoms with E-state index in [0.29, 0.717) is 11.3 Å². The van der Waals surface area contributed by atoms with Gasteiger partial charge in [0.2, 0.25) is 5.43 Å². The summed E-state index contributed by atoms with van der Waals surface area (Å²) in [5.41, 5.74) is 1.44. The topological polar surface area (TPSA) is 55.1 Å². The van der Waals surface area contributed by atoms with Crippen LogP contribution in [0.2, 0.25) is 0 Å². The van der Waals surface area contributed by atoms with Gasteiger partial charge in [0.25, 0.3) is 0 Å². The molecule has 4 nitrogen and oxygen atoms in total. The summed E-state index contributed by atoms with van der Waals surface area (Å²) in [5.74, 6) is 0.633. The molecule has 2 rings (SSSR count). The number of hydrogen-bond acceptors (Lipinski definition) is 3. The van der Waals surface area contributed by atoms with Crippen molar-refractivity contribution in [3.8, 4) is 0 Å². The lowest BCUT2D eigenvalue weighted by Gasteiger charge is -2.34. The van der Waals surface area contributed by atoms with Gasteiger partial charge in [-0.3, -0.25) is 9.48 Å². The molecule has 1 saturated carbocycles. The minimum atomic E-state index is -0.281. The van der Waals surface area contributed by atoms with Crippen LogP contribution in [0.5, 0.6) is 0 Å². The molecule has 1 fully saturated rings. The van der Waals surface area contributed by atoms with Crippen molar-refractivity contribution in [2.24, 2.45) is 11.3 Å². The van der Waals surface area contributed by atoms with E-state index in [9.17, 15) is 4.79 Å². The molecule has 0 amide bonds. The Bertz CT molecular complexity index is 495. The van der Waals surface area contributed by atoms with Crippen LogP contribution < -0.4 is 5.43 Å². The van der Waals surface area contributed by atoms with Gasteiger partial charge in [-0.1, -0.05) is 13.8 Å². The zero-order valence-electron chi connectivity index (χ0n) is 12.1. The lowest BCUT2D eigenvalue weighted by Crippen LogP contribution is -2.27. The van der Waals surface area contributed by atoms with Gasteiger partial charge in [0, 0.05) is 18.3 Å². The number of aryl methyl sites for hydroxylation is 1. The van der Waals surface area contributed by atoms with Crippen molar-refractivity contribution in [2.75, 3.05) is 0 Å². The average molecular weight is 264 g/mol. The highest BCUT2D eigenvalue weighted by Gasteiger charge is 2.27. The van der Waals surface area contributed by atoms with E-state index in [0.717, 1.165) is 12.2 Å². The molecule has 1 heterocycles. The fourth-order valence-electron chi connectivity index (χ4n) is 2.80. The lowest BCUT2D eigenvalue weighted by molar-refractivity contribution is 0.173. The van der Waals surface area contributed by atoms with Gasteiger partial charge >= 0.3 is 0 Å². The summed E-state index contributed by atoms with van der Waals surface area (Å²) in [6.45, 7) is 7.14. The van der Waals surface area contributed by atoms with Gasteiger partial charge in [-0.2, -0.15) is 5.10 Å². The highest BCUT2D eigenvalue weighted by atomic mass is 16.3. The molecular weight excluding hydrogens is 240 g/mol. The second-order valence-electron chi connectivity index (χ2n) is 6.54. The molecular formula is C15H24N2O2. The number of rotatable bonds is 3. The molecule has 1 aromatic heterocycles. The Morgan fingerprint density at radius 2 is 2.05 bits per heavy atom. The van der Waals surface area contributed by atoms with E-state index in [1.165, 1.54) is 25.7 Å². The van der Waals surface area contributed by atoms with Gasteiger partial charge in [0.1, 0.15) is 5.69 Å². The molecule has 1 aliphatic rings. The fourth-order valence-corrected chi connectivity index (χ4v) is 2.80. The molecule has 0 aliphatic heterocycles. The molecule has 0 spiro atoms. The van der Waals surface area contributed by atoms with Gasteiger partial charge in [-0.25, -0.2) is 0 Å². The summed E-state index contributed by atoms with van der Waals surface area (Å²) in [7, 11) is 0. The highest BCUT2D eigenvalue weighted by molar-refractivity contribution is 5.07. The second kappa shape index (κ2) is 5.45. The third-order valence-corrected chi connectivity index (χ3v) is 4.31. The average Bonchev–Trinajstić information content (AvgIpc) is 2.35. The maximum absolute atomic E-state index is 11.6. The van der Waals surface area contributed by atoms with Gasteiger partial charge < -0.3 is 5.11 Å². The first-order valence-corrected chi connectivity index (χ1v) is 7.10. The van der Waals surface area contributed by atoms with Crippen molar-refractivity contribution < 1.29 is 5.11 Å². The molecule has 0 aromatic carbocycles. The molecule has 0 saturated heterocycles. The van der Waals surface area contributed by atoms with Gasteiger partial charge in [0.15, 0.2) is 0 Å². The Kier molecular flexibility index (Phi) is 4.09. The van der Waals surface area contributed by atoms with Crippen LogP contribution in [0.4, 0.5) is 0 Å². The Morgan fingerprint density at radius 1 is 1.42 bits per heavy atom. The van der Waals surface area contributed by atoms with E-state index >= 15 is 0 Å². The second-order valence-corrected chi connectivity index (χ2v) is 6.54. The van der Waals surface area contributed by atoms with Crippen LogP contribution in [0.15, 0.2) is 10.9 Å². The van der Waals surface area contributed by atoms with Crippen LogP contribution in [0, 0.1) is 18.3 Å². The first-order chi connectivity index (χ1) is 8.91. The standard InChI is InChI=1S/C15H24N2O2/c1-11-8-14(19)13(10-18)16-17(11)9-12-4-6-15(2,3)7-5-12/h8,12,18H,4-7,9-10H2,1-3H3. The number of aromatic nitrogens is 2. The normalized spacial score (nSPS) is 19.6. The number of aliphatic hydroxyl groups excluding tert-OH is 1. The van der Waals surface area contributed by atoms with Crippen molar-refractivity contribution in [3.05, 3.63) is 27.7 Å². The fraction of sp³-hybridized carbons (Fsp3) is 0.733. The monoisotopic (exact) mass is 264 g/mol. The van der Waals surface area contributed by atoms with E-state index in [2.05, 4.69) is 18.9 Å². The predicted molar refractivity (Wildman–Crippen MR) is 74.9 cm³/mol.